The molecule has 0 spiro atoms. The second kappa shape index (κ2) is 6.59. The predicted octanol–water partition coefficient (Wildman–Crippen LogP) is 0.566. The summed E-state index contributed by atoms with van der Waals surface area (Å²) in [7, 11) is 0. The molecule has 1 amide bonds. The quantitative estimate of drug-likeness (QED) is 0.790. The third-order valence-corrected chi connectivity index (χ3v) is 5.04. The number of hydrogen-bond donors (Lipinski definition) is 0. The summed E-state index contributed by atoms with van der Waals surface area (Å²) in [5, 5.41) is 4.47. The van der Waals surface area contributed by atoms with Gasteiger partial charge in [-0.05, 0) is 26.7 Å². The van der Waals surface area contributed by atoms with Crippen molar-refractivity contribution in [3.8, 4) is 0 Å². The van der Waals surface area contributed by atoms with Crippen LogP contribution in [-0.4, -0.2) is 80.6 Å². The molecular formula is C17H25N7O. The highest BCUT2D eigenvalue weighted by atomic mass is 16.2. The van der Waals surface area contributed by atoms with Gasteiger partial charge >= 0.3 is 0 Å². The average molecular weight is 343 g/mol. The Labute approximate surface area is 147 Å². The molecule has 0 aromatic carbocycles. The molecule has 0 unspecified atom stereocenters. The van der Waals surface area contributed by atoms with Gasteiger partial charge in [0.1, 0.15) is 5.82 Å². The van der Waals surface area contributed by atoms with Crippen molar-refractivity contribution in [2.45, 2.75) is 32.7 Å². The van der Waals surface area contributed by atoms with Crippen LogP contribution in [-0.2, 0) is 4.79 Å². The molecule has 3 heterocycles. The summed E-state index contributed by atoms with van der Waals surface area (Å²) in [5.74, 6) is 1.99. The number of carbonyl (C=O) groups excluding carboxylic acids is 1. The van der Waals surface area contributed by atoms with Crippen LogP contribution < -0.4 is 4.90 Å². The molecular weight excluding hydrogens is 318 g/mol. The smallest absolute Gasteiger partial charge is 0.236 e. The molecule has 0 radical (unpaired) electrons. The molecule has 1 aliphatic carbocycles. The lowest BCUT2D eigenvalue weighted by Crippen LogP contribution is -2.50. The van der Waals surface area contributed by atoms with Gasteiger partial charge in [-0.2, -0.15) is 4.52 Å². The molecule has 8 heteroatoms. The minimum Gasteiger partial charge on any atom is -0.353 e. The summed E-state index contributed by atoms with van der Waals surface area (Å²) in [6, 6.07) is 0.498. The predicted molar refractivity (Wildman–Crippen MR) is 94.6 cm³/mol. The highest BCUT2D eigenvalue weighted by Gasteiger charge is 2.32. The molecule has 1 saturated carbocycles. The van der Waals surface area contributed by atoms with E-state index < -0.39 is 0 Å². The molecule has 25 heavy (non-hydrogen) atoms. The van der Waals surface area contributed by atoms with Crippen molar-refractivity contribution in [2.75, 3.05) is 44.2 Å². The minimum absolute atomic E-state index is 0.272. The highest BCUT2D eigenvalue weighted by Crippen LogP contribution is 2.26. The Morgan fingerprint density at radius 3 is 2.68 bits per heavy atom. The summed E-state index contributed by atoms with van der Waals surface area (Å²) in [4.78, 5) is 27.7. The third-order valence-electron chi connectivity index (χ3n) is 5.04. The van der Waals surface area contributed by atoms with E-state index in [1.807, 2.05) is 22.5 Å². The van der Waals surface area contributed by atoms with Crippen molar-refractivity contribution in [3.63, 3.8) is 0 Å². The number of nitrogens with zero attached hydrogens (tertiary/aromatic N) is 7. The second-order valence-corrected chi connectivity index (χ2v) is 6.87. The molecule has 2 aromatic heterocycles. The van der Waals surface area contributed by atoms with Crippen molar-refractivity contribution >= 4 is 17.4 Å². The zero-order valence-corrected chi connectivity index (χ0v) is 14.9. The van der Waals surface area contributed by atoms with Gasteiger partial charge in [-0.3, -0.25) is 14.7 Å². The first-order valence-electron chi connectivity index (χ1n) is 9.10. The van der Waals surface area contributed by atoms with Crippen molar-refractivity contribution < 1.29 is 4.79 Å². The van der Waals surface area contributed by atoms with E-state index in [0.29, 0.717) is 12.6 Å². The molecule has 4 rings (SSSR count). The first-order valence-corrected chi connectivity index (χ1v) is 9.10. The van der Waals surface area contributed by atoms with E-state index >= 15 is 0 Å². The lowest BCUT2D eigenvalue weighted by molar-refractivity contribution is -0.132. The van der Waals surface area contributed by atoms with Gasteiger partial charge in [0, 0.05) is 38.8 Å². The number of likely N-dealkylation sites (N-methyl/N-ethyl adjacent to an activating group) is 1. The summed E-state index contributed by atoms with van der Waals surface area (Å²) in [6.07, 6.45) is 5.91. The topological polar surface area (TPSA) is 69.9 Å². The van der Waals surface area contributed by atoms with Crippen LogP contribution >= 0.6 is 0 Å². The number of anilines is 1. The Morgan fingerprint density at radius 1 is 1.24 bits per heavy atom. The number of aryl methyl sites for hydroxylation is 1. The number of hydrogen-bond acceptors (Lipinski definition) is 6. The maximum Gasteiger partial charge on any atom is 0.236 e. The molecule has 1 saturated heterocycles. The normalized spacial score (nSPS) is 18.7. The Balaban J connectivity index is 1.38. The van der Waals surface area contributed by atoms with E-state index in [0.717, 1.165) is 50.0 Å². The number of amides is 1. The highest BCUT2D eigenvalue weighted by molar-refractivity contribution is 5.79. The average Bonchev–Trinajstić information content (AvgIpc) is 3.35. The first-order chi connectivity index (χ1) is 12.2. The number of carbonyl (C=O) groups is 1. The van der Waals surface area contributed by atoms with Gasteiger partial charge < -0.3 is 9.80 Å². The van der Waals surface area contributed by atoms with Crippen LogP contribution in [0.15, 0.2) is 12.4 Å². The van der Waals surface area contributed by atoms with Gasteiger partial charge in [0.2, 0.25) is 5.91 Å². The monoisotopic (exact) mass is 343 g/mol. The summed E-state index contributed by atoms with van der Waals surface area (Å²) >= 11 is 0. The number of rotatable bonds is 5. The zero-order chi connectivity index (χ0) is 17.4. The SMILES string of the molecule is CCN(C(=O)CN1CCN(c2cncc3nc(C)nn23)CC1)C1CC1. The van der Waals surface area contributed by atoms with E-state index in [2.05, 4.69) is 31.8 Å². The summed E-state index contributed by atoms with van der Waals surface area (Å²) in [6.45, 7) is 8.79. The van der Waals surface area contributed by atoms with E-state index in [1.165, 1.54) is 12.8 Å². The first kappa shape index (κ1) is 16.3. The van der Waals surface area contributed by atoms with Crippen LogP contribution in [0.4, 0.5) is 5.82 Å². The lowest BCUT2D eigenvalue weighted by atomic mass is 10.3. The standard InChI is InChI=1S/C17H25N7O/c1-3-23(14-4-5-14)17(25)12-21-6-8-22(9-7-21)16-11-18-10-15-19-13(2)20-24(15)16/h10-11,14H,3-9,12H2,1-2H3. The molecule has 8 nitrogen and oxygen atoms in total. The van der Waals surface area contributed by atoms with Crippen molar-refractivity contribution in [1.82, 2.24) is 29.4 Å². The van der Waals surface area contributed by atoms with E-state index in [1.54, 1.807) is 6.20 Å². The van der Waals surface area contributed by atoms with Crippen molar-refractivity contribution in [2.24, 2.45) is 0 Å². The third kappa shape index (κ3) is 3.30. The maximum absolute atomic E-state index is 12.5. The molecule has 0 N–H and O–H groups in total. The zero-order valence-electron chi connectivity index (χ0n) is 14.9. The number of aromatic nitrogens is 4. The Morgan fingerprint density at radius 2 is 2.00 bits per heavy atom. The number of fused-ring (bicyclic) bond motifs is 1. The van der Waals surface area contributed by atoms with E-state index in [-0.39, 0.29) is 5.91 Å². The molecule has 0 bridgehead atoms. The van der Waals surface area contributed by atoms with E-state index in [4.69, 9.17) is 0 Å². The van der Waals surface area contributed by atoms with Crippen molar-refractivity contribution in [1.29, 1.82) is 0 Å². The largest absolute Gasteiger partial charge is 0.353 e. The van der Waals surface area contributed by atoms with Crippen LogP contribution in [0.5, 0.6) is 0 Å². The molecule has 2 aliphatic rings. The van der Waals surface area contributed by atoms with Gasteiger partial charge in [0.15, 0.2) is 11.5 Å². The fourth-order valence-electron chi connectivity index (χ4n) is 3.57. The Kier molecular flexibility index (Phi) is 4.29. The fourth-order valence-corrected chi connectivity index (χ4v) is 3.57. The van der Waals surface area contributed by atoms with Gasteiger partial charge in [0.05, 0.1) is 18.9 Å². The number of piperazine rings is 1. The second-order valence-electron chi connectivity index (χ2n) is 6.87. The molecule has 134 valence electrons. The summed E-state index contributed by atoms with van der Waals surface area (Å²) in [5.41, 5.74) is 0.774. The summed E-state index contributed by atoms with van der Waals surface area (Å²) < 4.78 is 1.86. The fraction of sp³-hybridized carbons (Fsp3) is 0.647. The van der Waals surface area contributed by atoms with Crippen molar-refractivity contribution in [3.05, 3.63) is 18.2 Å². The van der Waals surface area contributed by atoms with Gasteiger partial charge in [0.25, 0.3) is 0 Å². The van der Waals surface area contributed by atoms with Crippen LogP contribution in [0, 0.1) is 6.92 Å². The van der Waals surface area contributed by atoms with Gasteiger partial charge in [-0.1, -0.05) is 0 Å². The molecule has 1 aliphatic heterocycles. The molecule has 0 atom stereocenters. The van der Waals surface area contributed by atoms with E-state index in [9.17, 15) is 4.79 Å². The van der Waals surface area contributed by atoms with Crippen LogP contribution in [0.2, 0.25) is 0 Å². The van der Waals surface area contributed by atoms with Gasteiger partial charge in [-0.25, -0.2) is 4.98 Å². The maximum atomic E-state index is 12.5. The minimum atomic E-state index is 0.272. The Bertz CT molecular complexity index is 761. The Hall–Kier alpha value is -2.22. The lowest BCUT2D eigenvalue weighted by Gasteiger charge is -2.36. The molecule has 2 fully saturated rings. The van der Waals surface area contributed by atoms with Gasteiger partial charge in [-0.15, -0.1) is 5.10 Å². The van der Waals surface area contributed by atoms with Crippen LogP contribution in [0.3, 0.4) is 0 Å². The molecule has 2 aromatic rings. The van der Waals surface area contributed by atoms with Crippen LogP contribution in [0.1, 0.15) is 25.6 Å². The van der Waals surface area contributed by atoms with Crippen LogP contribution in [0.25, 0.3) is 5.65 Å².